The van der Waals surface area contributed by atoms with Gasteiger partial charge in [0.2, 0.25) is 5.95 Å². The number of anilines is 1. The summed E-state index contributed by atoms with van der Waals surface area (Å²) in [7, 11) is 0. The molecule has 3 heterocycles. The van der Waals surface area contributed by atoms with E-state index in [1.807, 2.05) is 30.9 Å². The van der Waals surface area contributed by atoms with Crippen molar-refractivity contribution in [1.29, 1.82) is 5.26 Å². The van der Waals surface area contributed by atoms with Crippen molar-refractivity contribution >= 4 is 23.9 Å². The van der Waals surface area contributed by atoms with E-state index in [0.717, 1.165) is 29.9 Å². The van der Waals surface area contributed by atoms with Crippen LogP contribution in [0.15, 0.2) is 30.1 Å². The molecule has 0 radical (unpaired) electrons. The van der Waals surface area contributed by atoms with Gasteiger partial charge in [0.15, 0.2) is 6.10 Å². The van der Waals surface area contributed by atoms with Crippen LogP contribution in [0.1, 0.15) is 37.2 Å². The highest BCUT2D eigenvalue weighted by molar-refractivity contribution is 5.99. The molecule has 2 aromatic heterocycles. The first-order valence-electron chi connectivity index (χ1n) is 11.2. The molecule has 1 saturated heterocycles. The van der Waals surface area contributed by atoms with Crippen LogP contribution in [0.3, 0.4) is 0 Å². The number of carbonyl (C=O) groups is 2. The normalized spacial score (nSPS) is 15.2. The van der Waals surface area contributed by atoms with Crippen LogP contribution in [0, 0.1) is 25.2 Å². The van der Waals surface area contributed by atoms with Crippen molar-refractivity contribution in [3.8, 4) is 6.07 Å². The van der Waals surface area contributed by atoms with Crippen LogP contribution in [0.2, 0.25) is 0 Å². The molecule has 1 amide bonds. The molecule has 174 valence electrons. The van der Waals surface area contributed by atoms with Crippen molar-refractivity contribution in [2.45, 2.75) is 46.8 Å². The van der Waals surface area contributed by atoms with Gasteiger partial charge in [-0.3, -0.25) is 4.79 Å². The Balaban J connectivity index is 1.61. The Morgan fingerprint density at radius 3 is 2.48 bits per heavy atom. The third kappa shape index (κ3) is 5.58. The second kappa shape index (κ2) is 10.8. The van der Waals surface area contributed by atoms with Crippen LogP contribution in [-0.2, 0) is 20.9 Å². The summed E-state index contributed by atoms with van der Waals surface area (Å²) in [4.78, 5) is 37.6. The van der Waals surface area contributed by atoms with E-state index in [2.05, 4.69) is 21.5 Å². The van der Waals surface area contributed by atoms with E-state index in [0.29, 0.717) is 32.1 Å². The minimum absolute atomic E-state index is 0.127. The van der Waals surface area contributed by atoms with Gasteiger partial charge in [-0.1, -0.05) is 6.92 Å². The van der Waals surface area contributed by atoms with Gasteiger partial charge in [-0.15, -0.1) is 0 Å². The molecule has 0 spiro atoms. The molecule has 0 bridgehead atoms. The lowest BCUT2D eigenvalue weighted by Crippen LogP contribution is -2.52. The zero-order valence-electron chi connectivity index (χ0n) is 19.6. The number of hydrogen-bond donors (Lipinski definition) is 0. The van der Waals surface area contributed by atoms with Gasteiger partial charge in [0.1, 0.15) is 11.6 Å². The SMILES string of the molecule is CCCn1c(C)cc(/C=C(\C#N)C(=O)OC(C)C(=O)N2CCN(c3ncccn3)CC2)c1C. The fourth-order valence-corrected chi connectivity index (χ4v) is 3.95. The highest BCUT2D eigenvalue weighted by atomic mass is 16.5. The number of carbonyl (C=O) groups excluding carboxylic acids is 2. The molecule has 9 heteroatoms. The number of nitrogens with zero attached hydrogens (tertiary/aromatic N) is 6. The number of ether oxygens (including phenoxy) is 1. The molecular weight excluding hydrogens is 420 g/mol. The topological polar surface area (TPSA) is 104 Å². The van der Waals surface area contributed by atoms with Gasteiger partial charge in [0, 0.05) is 56.5 Å². The Labute approximate surface area is 194 Å². The number of rotatable bonds is 7. The zero-order valence-corrected chi connectivity index (χ0v) is 19.6. The fraction of sp³-hybridized carbons (Fsp3) is 0.458. The number of nitriles is 1. The van der Waals surface area contributed by atoms with Gasteiger partial charge in [-0.2, -0.15) is 5.26 Å². The molecule has 0 N–H and O–H groups in total. The quantitative estimate of drug-likeness (QED) is 0.363. The van der Waals surface area contributed by atoms with Crippen molar-refractivity contribution in [1.82, 2.24) is 19.4 Å². The Morgan fingerprint density at radius 1 is 1.21 bits per heavy atom. The fourth-order valence-electron chi connectivity index (χ4n) is 3.95. The lowest BCUT2D eigenvalue weighted by atomic mass is 10.1. The maximum Gasteiger partial charge on any atom is 0.349 e. The molecule has 3 rings (SSSR count). The van der Waals surface area contributed by atoms with Gasteiger partial charge >= 0.3 is 5.97 Å². The summed E-state index contributed by atoms with van der Waals surface area (Å²) >= 11 is 0. The van der Waals surface area contributed by atoms with E-state index in [1.54, 1.807) is 23.4 Å². The summed E-state index contributed by atoms with van der Waals surface area (Å²) in [5, 5.41) is 9.53. The molecule has 0 aliphatic carbocycles. The monoisotopic (exact) mass is 450 g/mol. The van der Waals surface area contributed by atoms with Crippen LogP contribution >= 0.6 is 0 Å². The minimum atomic E-state index is -0.985. The van der Waals surface area contributed by atoms with Crippen LogP contribution in [0.25, 0.3) is 6.08 Å². The molecule has 0 saturated carbocycles. The Hall–Kier alpha value is -3.67. The smallest absolute Gasteiger partial charge is 0.349 e. The lowest BCUT2D eigenvalue weighted by Gasteiger charge is -2.35. The van der Waals surface area contributed by atoms with E-state index in [1.165, 1.54) is 13.0 Å². The zero-order chi connectivity index (χ0) is 24.0. The standard InChI is InChI=1S/C24H30N6O3/c1-5-9-30-17(2)14-20(18(30)3)15-21(16-25)23(32)33-19(4)22(31)28-10-12-29(13-11-28)24-26-7-6-8-27-24/h6-8,14-15,19H,5,9-13H2,1-4H3/b21-15+. The lowest BCUT2D eigenvalue weighted by molar-refractivity contribution is -0.155. The third-order valence-electron chi connectivity index (χ3n) is 5.76. The number of esters is 1. The van der Waals surface area contributed by atoms with Crippen LogP contribution in [0.4, 0.5) is 5.95 Å². The molecule has 1 aliphatic rings. The Morgan fingerprint density at radius 2 is 1.88 bits per heavy atom. The summed E-state index contributed by atoms with van der Waals surface area (Å²) < 4.78 is 7.51. The summed E-state index contributed by atoms with van der Waals surface area (Å²) in [6.07, 6.45) is 4.90. The van der Waals surface area contributed by atoms with E-state index in [4.69, 9.17) is 4.74 Å². The predicted molar refractivity (Wildman–Crippen MR) is 124 cm³/mol. The highest BCUT2D eigenvalue weighted by Gasteiger charge is 2.28. The van der Waals surface area contributed by atoms with E-state index in [9.17, 15) is 14.9 Å². The average Bonchev–Trinajstić information content (AvgIpc) is 3.10. The molecule has 33 heavy (non-hydrogen) atoms. The largest absolute Gasteiger partial charge is 0.448 e. The maximum absolute atomic E-state index is 12.8. The van der Waals surface area contributed by atoms with Crippen molar-refractivity contribution < 1.29 is 14.3 Å². The van der Waals surface area contributed by atoms with Crippen LogP contribution in [-0.4, -0.2) is 63.6 Å². The first-order chi connectivity index (χ1) is 15.8. The van der Waals surface area contributed by atoms with Crippen molar-refractivity contribution in [3.63, 3.8) is 0 Å². The van der Waals surface area contributed by atoms with Gasteiger partial charge in [0.25, 0.3) is 5.91 Å². The second-order valence-electron chi connectivity index (χ2n) is 8.06. The van der Waals surface area contributed by atoms with Gasteiger partial charge < -0.3 is 19.1 Å². The molecule has 1 fully saturated rings. The molecule has 0 aromatic carbocycles. The van der Waals surface area contributed by atoms with E-state index in [-0.39, 0.29) is 11.5 Å². The Kier molecular flexibility index (Phi) is 7.83. The summed E-state index contributed by atoms with van der Waals surface area (Å²) in [5.74, 6) is -0.448. The first-order valence-corrected chi connectivity index (χ1v) is 11.2. The number of aromatic nitrogens is 3. The van der Waals surface area contributed by atoms with E-state index < -0.39 is 12.1 Å². The van der Waals surface area contributed by atoms with Gasteiger partial charge in [-0.25, -0.2) is 14.8 Å². The van der Waals surface area contributed by atoms with Crippen LogP contribution < -0.4 is 4.90 Å². The van der Waals surface area contributed by atoms with Crippen LogP contribution in [0.5, 0.6) is 0 Å². The van der Waals surface area contributed by atoms with Crippen molar-refractivity contribution in [3.05, 3.63) is 47.1 Å². The number of piperazine rings is 1. The van der Waals surface area contributed by atoms with Gasteiger partial charge in [0.05, 0.1) is 0 Å². The highest BCUT2D eigenvalue weighted by Crippen LogP contribution is 2.20. The third-order valence-corrected chi connectivity index (χ3v) is 5.76. The molecule has 1 unspecified atom stereocenters. The maximum atomic E-state index is 12.8. The number of amides is 1. The summed E-state index contributed by atoms with van der Waals surface area (Å²) in [6, 6.07) is 5.62. The Bertz CT molecular complexity index is 1060. The van der Waals surface area contributed by atoms with Crippen molar-refractivity contribution in [2.75, 3.05) is 31.1 Å². The number of aryl methyl sites for hydroxylation is 1. The molecular formula is C24H30N6O3. The molecule has 9 nitrogen and oxygen atoms in total. The first kappa shape index (κ1) is 24.0. The number of hydrogen-bond acceptors (Lipinski definition) is 7. The van der Waals surface area contributed by atoms with Gasteiger partial charge in [-0.05, 0) is 51.0 Å². The average molecular weight is 451 g/mol. The van der Waals surface area contributed by atoms with E-state index >= 15 is 0 Å². The summed E-state index contributed by atoms with van der Waals surface area (Å²) in [6.45, 7) is 10.6. The second-order valence-corrected chi connectivity index (χ2v) is 8.06. The molecule has 1 aliphatic heterocycles. The van der Waals surface area contributed by atoms with Crippen molar-refractivity contribution in [2.24, 2.45) is 0 Å². The minimum Gasteiger partial charge on any atom is -0.448 e. The molecule has 2 aromatic rings. The predicted octanol–water partition coefficient (Wildman–Crippen LogP) is 2.49. The molecule has 1 atom stereocenters. The summed E-state index contributed by atoms with van der Waals surface area (Å²) in [5.41, 5.74) is 2.72.